The molecule has 1 aliphatic carbocycles. The lowest BCUT2D eigenvalue weighted by Gasteiger charge is -2.17. The van der Waals surface area contributed by atoms with Crippen molar-refractivity contribution in [3.63, 3.8) is 0 Å². The molecule has 116 valence electrons. The van der Waals surface area contributed by atoms with Crippen LogP contribution in [0.4, 0.5) is 0 Å². The zero-order chi connectivity index (χ0) is 15.9. The molecule has 1 saturated carbocycles. The summed E-state index contributed by atoms with van der Waals surface area (Å²) in [5, 5.41) is 3.85. The van der Waals surface area contributed by atoms with E-state index in [9.17, 15) is 9.59 Å². The normalized spacial score (nSPS) is 21.2. The zero-order valence-corrected chi connectivity index (χ0v) is 12.8. The highest BCUT2D eigenvalue weighted by atomic mass is 16.3. The van der Waals surface area contributed by atoms with Crippen molar-refractivity contribution in [2.75, 3.05) is 0 Å². The van der Waals surface area contributed by atoms with Gasteiger partial charge in [0.05, 0.1) is 5.92 Å². The third-order valence-electron chi connectivity index (χ3n) is 4.50. The lowest BCUT2D eigenvalue weighted by Crippen LogP contribution is -2.42. The minimum Gasteiger partial charge on any atom is -0.451 e. The third kappa shape index (κ3) is 2.47. The first-order chi connectivity index (χ1) is 10.5. The first kappa shape index (κ1) is 14.6. The number of fused-ring (bicyclic) bond motifs is 1. The van der Waals surface area contributed by atoms with Crippen LogP contribution in [-0.4, -0.2) is 17.9 Å². The Morgan fingerprint density at radius 2 is 2.05 bits per heavy atom. The highest BCUT2D eigenvalue weighted by Crippen LogP contribution is 2.28. The Morgan fingerprint density at radius 1 is 1.27 bits per heavy atom. The van der Waals surface area contributed by atoms with Crippen LogP contribution in [0.1, 0.15) is 40.9 Å². The van der Waals surface area contributed by atoms with E-state index < -0.39 is 0 Å². The molecule has 1 fully saturated rings. The number of primary amides is 1. The van der Waals surface area contributed by atoms with E-state index in [0.717, 1.165) is 35.8 Å². The molecule has 2 aromatic rings. The van der Waals surface area contributed by atoms with Crippen LogP contribution in [0.3, 0.4) is 0 Å². The molecule has 3 rings (SSSR count). The van der Waals surface area contributed by atoms with E-state index in [-0.39, 0.29) is 23.8 Å². The fourth-order valence-electron chi connectivity index (χ4n) is 3.26. The number of hydrogen-bond acceptors (Lipinski definition) is 3. The number of aryl methyl sites for hydroxylation is 2. The van der Waals surface area contributed by atoms with E-state index in [1.807, 2.05) is 32.0 Å². The van der Waals surface area contributed by atoms with Crippen LogP contribution >= 0.6 is 0 Å². The topological polar surface area (TPSA) is 85.3 Å². The minimum atomic E-state index is -0.347. The molecule has 1 aromatic heterocycles. The molecule has 1 aliphatic rings. The molecule has 1 aromatic carbocycles. The summed E-state index contributed by atoms with van der Waals surface area (Å²) in [5.41, 5.74) is 8.01. The van der Waals surface area contributed by atoms with E-state index >= 15 is 0 Å². The molecule has 1 heterocycles. The fraction of sp³-hybridized carbons (Fsp3) is 0.412. The van der Waals surface area contributed by atoms with E-state index in [1.165, 1.54) is 0 Å². The van der Waals surface area contributed by atoms with Gasteiger partial charge in [0.15, 0.2) is 5.76 Å². The summed E-state index contributed by atoms with van der Waals surface area (Å²) in [6.45, 7) is 3.85. The number of carbonyl (C=O) groups excluding carboxylic acids is 2. The van der Waals surface area contributed by atoms with Gasteiger partial charge in [-0.05, 0) is 38.3 Å². The number of rotatable bonds is 3. The van der Waals surface area contributed by atoms with Gasteiger partial charge in [0.1, 0.15) is 5.58 Å². The van der Waals surface area contributed by atoms with Crippen LogP contribution < -0.4 is 11.1 Å². The second kappa shape index (κ2) is 5.48. The van der Waals surface area contributed by atoms with Crippen molar-refractivity contribution in [3.8, 4) is 0 Å². The highest BCUT2D eigenvalue weighted by Gasteiger charge is 2.33. The van der Waals surface area contributed by atoms with Gasteiger partial charge in [0.25, 0.3) is 5.91 Å². The number of hydrogen-bond donors (Lipinski definition) is 2. The number of benzene rings is 1. The van der Waals surface area contributed by atoms with Crippen LogP contribution in [0, 0.1) is 19.8 Å². The van der Waals surface area contributed by atoms with E-state index in [2.05, 4.69) is 5.32 Å². The number of furan rings is 1. The maximum absolute atomic E-state index is 12.5. The number of nitrogens with two attached hydrogens (primary N) is 1. The summed E-state index contributed by atoms with van der Waals surface area (Å²) < 4.78 is 5.72. The zero-order valence-electron chi connectivity index (χ0n) is 12.8. The SMILES string of the molecule is Cc1ccc2c(C)c(C(=O)N[C@H]3CCC[C@H]3C(N)=O)oc2c1. The van der Waals surface area contributed by atoms with Gasteiger partial charge in [-0.3, -0.25) is 9.59 Å². The quantitative estimate of drug-likeness (QED) is 0.913. The molecule has 2 amide bonds. The summed E-state index contributed by atoms with van der Waals surface area (Å²) in [5.74, 6) is -0.587. The lowest BCUT2D eigenvalue weighted by atomic mass is 10.0. The standard InChI is InChI=1S/C17H20N2O3/c1-9-6-7-11-10(2)15(22-14(11)8-9)17(21)19-13-5-3-4-12(13)16(18)20/h6-8,12-13H,3-5H2,1-2H3,(H2,18,20)(H,19,21)/t12-,13+/m1/s1. The lowest BCUT2D eigenvalue weighted by molar-refractivity contribution is -0.122. The van der Waals surface area contributed by atoms with Crippen molar-refractivity contribution >= 4 is 22.8 Å². The second-order valence-electron chi connectivity index (χ2n) is 6.08. The molecule has 5 nitrogen and oxygen atoms in total. The molecule has 0 saturated heterocycles. The van der Waals surface area contributed by atoms with Crippen molar-refractivity contribution in [3.05, 3.63) is 35.1 Å². The van der Waals surface area contributed by atoms with Gasteiger partial charge < -0.3 is 15.5 Å². The van der Waals surface area contributed by atoms with Gasteiger partial charge in [-0.2, -0.15) is 0 Å². The summed E-state index contributed by atoms with van der Waals surface area (Å²) in [4.78, 5) is 23.9. The van der Waals surface area contributed by atoms with Crippen molar-refractivity contribution in [1.29, 1.82) is 0 Å². The van der Waals surface area contributed by atoms with Crippen molar-refractivity contribution in [2.24, 2.45) is 11.7 Å². The average molecular weight is 300 g/mol. The number of amides is 2. The molecule has 2 atom stereocenters. The van der Waals surface area contributed by atoms with Gasteiger partial charge in [0.2, 0.25) is 5.91 Å². The summed E-state index contributed by atoms with van der Waals surface area (Å²) in [7, 11) is 0. The van der Waals surface area contributed by atoms with Crippen molar-refractivity contribution in [2.45, 2.75) is 39.2 Å². The van der Waals surface area contributed by atoms with Gasteiger partial charge >= 0.3 is 0 Å². The predicted octanol–water partition coefficient (Wildman–Crippen LogP) is 2.43. The molecule has 0 aliphatic heterocycles. The Morgan fingerprint density at radius 3 is 2.77 bits per heavy atom. The maximum Gasteiger partial charge on any atom is 0.287 e. The van der Waals surface area contributed by atoms with Crippen LogP contribution in [0.5, 0.6) is 0 Å². The molecule has 3 N–H and O–H groups in total. The molecular formula is C17H20N2O3. The molecule has 0 unspecified atom stereocenters. The van der Waals surface area contributed by atoms with Gasteiger partial charge in [-0.1, -0.05) is 18.6 Å². The number of nitrogens with one attached hydrogen (secondary N) is 1. The van der Waals surface area contributed by atoms with Crippen LogP contribution in [-0.2, 0) is 4.79 Å². The Bertz CT molecular complexity index is 748. The van der Waals surface area contributed by atoms with E-state index in [0.29, 0.717) is 11.3 Å². The maximum atomic E-state index is 12.5. The van der Waals surface area contributed by atoms with Gasteiger partial charge in [-0.15, -0.1) is 0 Å². The van der Waals surface area contributed by atoms with Crippen molar-refractivity contribution in [1.82, 2.24) is 5.32 Å². The summed E-state index contributed by atoms with van der Waals surface area (Å²) in [6, 6.07) is 5.68. The number of carbonyl (C=O) groups is 2. The van der Waals surface area contributed by atoms with E-state index in [1.54, 1.807) is 0 Å². The first-order valence-electron chi connectivity index (χ1n) is 7.57. The fourth-order valence-corrected chi connectivity index (χ4v) is 3.26. The second-order valence-corrected chi connectivity index (χ2v) is 6.08. The predicted molar refractivity (Wildman–Crippen MR) is 83.5 cm³/mol. The molecule has 22 heavy (non-hydrogen) atoms. The molecule has 0 bridgehead atoms. The van der Waals surface area contributed by atoms with Crippen molar-refractivity contribution < 1.29 is 14.0 Å². The summed E-state index contributed by atoms with van der Waals surface area (Å²) >= 11 is 0. The van der Waals surface area contributed by atoms with Crippen LogP contribution in [0.15, 0.2) is 22.6 Å². The molecular weight excluding hydrogens is 280 g/mol. The Hall–Kier alpha value is -2.30. The average Bonchev–Trinajstić information content (AvgIpc) is 3.03. The Kier molecular flexibility index (Phi) is 3.64. The largest absolute Gasteiger partial charge is 0.451 e. The molecule has 0 spiro atoms. The van der Waals surface area contributed by atoms with Gasteiger partial charge in [0, 0.05) is 17.0 Å². The third-order valence-corrected chi connectivity index (χ3v) is 4.50. The smallest absolute Gasteiger partial charge is 0.287 e. The highest BCUT2D eigenvalue weighted by molar-refractivity contribution is 5.99. The Balaban J connectivity index is 1.86. The van der Waals surface area contributed by atoms with E-state index in [4.69, 9.17) is 10.2 Å². The monoisotopic (exact) mass is 300 g/mol. The van der Waals surface area contributed by atoms with Crippen LogP contribution in [0.25, 0.3) is 11.0 Å². The summed E-state index contributed by atoms with van der Waals surface area (Å²) in [6.07, 6.45) is 2.41. The minimum absolute atomic E-state index is 0.195. The molecule has 5 heteroatoms. The van der Waals surface area contributed by atoms with Crippen LogP contribution in [0.2, 0.25) is 0 Å². The Labute approximate surface area is 128 Å². The molecule has 0 radical (unpaired) electrons. The first-order valence-corrected chi connectivity index (χ1v) is 7.57. The van der Waals surface area contributed by atoms with Gasteiger partial charge in [-0.25, -0.2) is 0 Å².